The van der Waals surface area contributed by atoms with E-state index in [0.717, 1.165) is 17.1 Å². The fraction of sp³-hybridized carbons (Fsp3) is 0.389. The lowest BCUT2D eigenvalue weighted by molar-refractivity contribution is -0.122. The van der Waals surface area contributed by atoms with Gasteiger partial charge in [-0.15, -0.1) is 0 Å². The highest BCUT2D eigenvalue weighted by atomic mass is 32.1. The SMILES string of the molecule is Cc1cc(OC(C)C(=O)Nc2snc(C)c2C#N)ccc1C(C)C. The van der Waals surface area contributed by atoms with Crippen LogP contribution in [0.15, 0.2) is 18.2 Å². The Morgan fingerprint density at radius 2 is 2.04 bits per heavy atom. The van der Waals surface area contributed by atoms with E-state index >= 15 is 0 Å². The first kappa shape index (κ1) is 18.0. The number of amides is 1. The van der Waals surface area contributed by atoms with E-state index in [1.807, 2.05) is 25.1 Å². The van der Waals surface area contributed by atoms with Crippen LogP contribution >= 0.6 is 11.5 Å². The maximum atomic E-state index is 12.3. The van der Waals surface area contributed by atoms with Crippen molar-refractivity contribution in [1.29, 1.82) is 5.26 Å². The molecule has 0 aliphatic heterocycles. The van der Waals surface area contributed by atoms with E-state index in [1.165, 1.54) is 5.56 Å². The van der Waals surface area contributed by atoms with Crippen LogP contribution in [0.2, 0.25) is 0 Å². The van der Waals surface area contributed by atoms with Crippen molar-refractivity contribution >= 4 is 22.4 Å². The van der Waals surface area contributed by atoms with E-state index in [1.54, 1.807) is 13.8 Å². The van der Waals surface area contributed by atoms with Crippen LogP contribution in [0.4, 0.5) is 5.00 Å². The third kappa shape index (κ3) is 3.92. The normalized spacial score (nSPS) is 11.9. The van der Waals surface area contributed by atoms with E-state index in [9.17, 15) is 4.79 Å². The lowest BCUT2D eigenvalue weighted by atomic mass is 9.98. The van der Waals surface area contributed by atoms with Crippen LogP contribution in [0.25, 0.3) is 0 Å². The van der Waals surface area contributed by atoms with Gasteiger partial charge in [-0.2, -0.15) is 9.64 Å². The van der Waals surface area contributed by atoms with Gasteiger partial charge in [0.1, 0.15) is 22.4 Å². The van der Waals surface area contributed by atoms with Crippen molar-refractivity contribution in [2.24, 2.45) is 0 Å². The second kappa shape index (κ2) is 7.45. The molecule has 0 aliphatic carbocycles. The minimum Gasteiger partial charge on any atom is -0.481 e. The number of anilines is 1. The maximum absolute atomic E-state index is 12.3. The molecular formula is C18H21N3O2S. The molecule has 0 aliphatic rings. The summed E-state index contributed by atoms with van der Waals surface area (Å²) < 4.78 is 9.82. The van der Waals surface area contributed by atoms with Crippen molar-refractivity contribution in [1.82, 2.24) is 4.37 Å². The van der Waals surface area contributed by atoms with Gasteiger partial charge in [0.2, 0.25) is 0 Å². The first-order valence-corrected chi connectivity index (χ1v) is 8.55. The molecule has 0 bridgehead atoms. The predicted molar refractivity (Wildman–Crippen MR) is 95.6 cm³/mol. The molecule has 0 fully saturated rings. The Hall–Kier alpha value is -2.39. The van der Waals surface area contributed by atoms with Gasteiger partial charge in [0.05, 0.1) is 5.69 Å². The minimum atomic E-state index is -0.678. The quantitative estimate of drug-likeness (QED) is 0.884. The van der Waals surface area contributed by atoms with Crippen molar-refractivity contribution in [2.75, 3.05) is 5.32 Å². The lowest BCUT2D eigenvalue weighted by Gasteiger charge is -2.16. The zero-order valence-electron chi connectivity index (χ0n) is 14.5. The van der Waals surface area contributed by atoms with Gasteiger partial charge in [-0.25, -0.2) is 0 Å². The Kier molecular flexibility index (Phi) is 5.58. The van der Waals surface area contributed by atoms with Crippen molar-refractivity contribution in [3.63, 3.8) is 0 Å². The second-order valence-electron chi connectivity index (χ2n) is 6.01. The molecule has 1 aromatic carbocycles. The first-order chi connectivity index (χ1) is 11.3. The number of carbonyl (C=O) groups is 1. The molecule has 6 heteroatoms. The molecule has 0 saturated heterocycles. The smallest absolute Gasteiger partial charge is 0.265 e. The van der Waals surface area contributed by atoms with E-state index in [-0.39, 0.29) is 5.91 Å². The van der Waals surface area contributed by atoms with E-state index in [4.69, 9.17) is 10.00 Å². The molecule has 126 valence electrons. The summed E-state index contributed by atoms with van der Waals surface area (Å²) in [6.07, 6.45) is -0.678. The molecule has 0 radical (unpaired) electrons. The number of aryl methyl sites for hydroxylation is 2. The Bertz CT molecular complexity index is 790. The molecular weight excluding hydrogens is 322 g/mol. The minimum absolute atomic E-state index is 0.305. The summed E-state index contributed by atoms with van der Waals surface area (Å²) in [5.74, 6) is 0.792. The third-order valence-corrected chi connectivity index (χ3v) is 4.61. The summed E-state index contributed by atoms with van der Waals surface area (Å²) in [4.78, 5) is 12.3. The molecule has 1 unspecified atom stereocenters. The highest BCUT2D eigenvalue weighted by Crippen LogP contribution is 2.25. The van der Waals surface area contributed by atoms with Crippen molar-refractivity contribution in [3.05, 3.63) is 40.6 Å². The zero-order valence-corrected chi connectivity index (χ0v) is 15.3. The molecule has 1 aromatic heterocycles. The fourth-order valence-corrected chi connectivity index (χ4v) is 3.18. The molecule has 1 N–H and O–H groups in total. The Labute approximate surface area is 146 Å². The Morgan fingerprint density at radius 1 is 1.33 bits per heavy atom. The zero-order chi connectivity index (χ0) is 17.9. The highest BCUT2D eigenvalue weighted by molar-refractivity contribution is 7.10. The maximum Gasteiger partial charge on any atom is 0.265 e. The van der Waals surface area contributed by atoms with E-state index in [2.05, 4.69) is 29.6 Å². The number of hydrogen-bond donors (Lipinski definition) is 1. The summed E-state index contributed by atoms with van der Waals surface area (Å²) in [7, 11) is 0. The number of benzene rings is 1. The molecule has 1 amide bonds. The molecule has 0 spiro atoms. The summed E-state index contributed by atoms with van der Waals surface area (Å²) in [6.45, 7) is 9.74. The summed E-state index contributed by atoms with van der Waals surface area (Å²) >= 11 is 1.10. The fourth-order valence-electron chi connectivity index (χ4n) is 2.43. The number of hydrogen-bond acceptors (Lipinski definition) is 5. The number of aromatic nitrogens is 1. The number of carbonyl (C=O) groups excluding carboxylic acids is 1. The largest absolute Gasteiger partial charge is 0.481 e. The van der Waals surface area contributed by atoms with Crippen molar-refractivity contribution in [3.8, 4) is 11.8 Å². The van der Waals surface area contributed by atoms with E-state index < -0.39 is 6.10 Å². The van der Waals surface area contributed by atoms with Gasteiger partial charge in [0.15, 0.2) is 6.10 Å². The van der Waals surface area contributed by atoms with Gasteiger partial charge in [0.25, 0.3) is 5.91 Å². The predicted octanol–water partition coefficient (Wildman–Crippen LogP) is 4.16. The van der Waals surface area contributed by atoms with Gasteiger partial charge in [-0.3, -0.25) is 4.79 Å². The molecule has 1 atom stereocenters. The monoisotopic (exact) mass is 343 g/mol. The number of nitriles is 1. The van der Waals surface area contributed by atoms with Gasteiger partial charge in [-0.1, -0.05) is 19.9 Å². The summed E-state index contributed by atoms with van der Waals surface area (Å²) in [6, 6.07) is 7.90. The highest BCUT2D eigenvalue weighted by Gasteiger charge is 2.19. The third-order valence-electron chi connectivity index (χ3n) is 3.76. The van der Waals surface area contributed by atoms with Gasteiger partial charge < -0.3 is 10.1 Å². The number of rotatable bonds is 5. The average molecular weight is 343 g/mol. The van der Waals surface area contributed by atoms with Gasteiger partial charge in [0, 0.05) is 0 Å². The van der Waals surface area contributed by atoms with Crippen LogP contribution in [0.3, 0.4) is 0 Å². The van der Waals surface area contributed by atoms with Gasteiger partial charge >= 0.3 is 0 Å². The van der Waals surface area contributed by atoms with E-state index in [0.29, 0.717) is 27.9 Å². The molecule has 1 heterocycles. The summed E-state index contributed by atoms with van der Waals surface area (Å²) in [5, 5.41) is 12.3. The average Bonchev–Trinajstić information content (AvgIpc) is 2.86. The van der Waals surface area contributed by atoms with Crippen molar-refractivity contribution in [2.45, 2.75) is 46.6 Å². The molecule has 2 rings (SSSR count). The van der Waals surface area contributed by atoms with Crippen LogP contribution in [-0.2, 0) is 4.79 Å². The summed E-state index contributed by atoms with van der Waals surface area (Å²) in [5.41, 5.74) is 3.42. The Balaban J connectivity index is 2.06. The van der Waals surface area contributed by atoms with Crippen LogP contribution in [0, 0.1) is 25.2 Å². The first-order valence-electron chi connectivity index (χ1n) is 7.78. The number of ether oxygens (including phenoxy) is 1. The molecule has 24 heavy (non-hydrogen) atoms. The molecule has 0 saturated carbocycles. The Morgan fingerprint density at radius 3 is 2.62 bits per heavy atom. The second-order valence-corrected chi connectivity index (χ2v) is 6.78. The topological polar surface area (TPSA) is 75.0 Å². The number of nitrogens with one attached hydrogen (secondary N) is 1. The van der Waals surface area contributed by atoms with Gasteiger partial charge in [-0.05, 0) is 61.5 Å². The number of nitrogens with zero attached hydrogens (tertiary/aromatic N) is 2. The van der Waals surface area contributed by atoms with Crippen LogP contribution in [-0.4, -0.2) is 16.4 Å². The molecule has 5 nitrogen and oxygen atoms in total. The lowest BCUT2D eigenvalue weighted by Crippen LogP contribution is -2.30. The molecule has 2 aromatic rings. The standard InChI is InChI=1S/C18H21N3O2S/c1-10(2)15-7-6-14(8-11(15)3)23-13(5)17(22)20-18-16(9-19)12(4)21-24-18/h6-8,10,13H,1-5H3,(H,20,22). The van der Waals surface area contributed by atoms with Crippen LogP contribution in [0.5, 0.6) is 5.75 Å². The van der Waals surface area contributed by atoms with Crippen LogP contribution in [0.1, 0.15) is 49.1 Å². The van der Waals surface area contributed by atoms with Crippen LogP contribution < -0.4 is 10.1 Å². The van der Waals surface area contributed by atoms with Crippen molar-refractivity contribution < 1.29 is 9.53 Å².